The molecule has 3 aromatic carbocycles. The standard InChI is InChI=1S/C31H28N2O7/c1-30(2)39-28(35)31(29(36)40-30)24(18-9-13-21(37-3)14-10-18)25(26(34)19-11-15-22(38-4)16-12-19)33-27(31)23-8-6-5-7-20(23)17-32-33/h5-17,24-25,27H,1-4H3/t24-,25+,27?/m1/s1. The highest BCUT2D eigenvalue weighted by Gasteiger charge is 2.75. The van der Waals surface area contributed by atoms with Gasteiger partial charge >= 0.3 is 11.9 Å². The van der Waals surface area contributed by atoms with E-state index < -0.39 is 41.1 Å². The fourth-order valence-corrected chi connectivity index (χ4v) is 6.12. The number of methoxy groups -OCH3 is 2. The summed E-state index contributed by atoms with van der Waals surface area (Å²) in [6.45, 7) is 3.02. The topological polar surface area (TPSA) is 104 Å². The predicted molar refractivity (Wildman–Crippen MR) is 144 cm³/mol. The van der Waals surface area contributed by atoms with Crippen LogP contribution in [-0.4, -0.2) is 55.0 Å². The fraction of sp³-hybridized carbons (Fsp3) is 0.290. The van der Waals surface area contributed by atoms with Crippen molar-refractivity contribution < 1.29 is 33.3 Å². The number of carbonyl (C=O) groups excluding carboxylic acids is 3. The molecule has 2 fully saturated rings. The Balaban J connectivity index is 1.62. The van der Waals surface area contributed by atoms with Gasteiger partial charge in [-0.25, -0.2) is 0 Å². The second-order valence-corrected chi connectivity index (χ2v) is 10.5. The molecule has 3 heterocycles. The SMILES string of the molecule is COc1ccc(C(=O)[C@@H]2[C@@H](c3ccc(OC)cc3)C3(C(=O)OC(C)(C)OC3=O)C3c4ccccc4C=NN32)cc1. The summed E-state index contributed by atoms with van der Waals surface area (Å²) >= 11 is 0. The third-order valence-corrected chi connectivity index (χ3v) is 7.88. The van der Waals surface area contributed by atoms with Crippen LogP contribution in [0.5, 0.6) is 11.5 Å². The highest BCUT2D eigenvalue weighted by molar-refractivity contribution is 6.09. The first kappa shape index (κ1) is 25.6. The Labute approximate surface area is 231 Å². The number of ketones is 1. The van der Waals surface area contributed by atoms with Crippen molar-refractivity contribution in [3.05, 3.63) is 95.1 Å². The van der Waals surface area contributed by atoms with Gasteiger partial charge in [0.1, 0.15) is 23.6 Å². The average Bonchev–Trinajstić information content (AvgIpc) is 3.28. The number of ether oxygens (including phenoxy) is 4. The molecule has 0 bridgehead atoms. The number of carbonyl (C=O) groups is 3. The average molecular weight is 541 g/mol. The van der Waals surface area contributed by atoms with Crippen molar-refractivity contribution in [1.29, 1.82) is 0 Å². The number of hydrogen-bond acceptors (Lipinski definition) is 9. The van der Waals surface area contributed by atoms with E-state index in [0.29, 0.717) is 28.2 Å². The summed E-state index contributed by atoms with van der Waals surface area (Å²) in [5.74, 6) is -3.13. The zero-order valence-corrected chi connectivity index (χ0v) is 22.5. The van der Waals surface area contributed by atoms with Gasteiger partial charge in [-0.05, 0) is 53.1 Å². The molecule has 40 heavy (non-hydrogen) atoms. The fourth-order valence-electron chi connectivity index (χ4n) is 6.12. The molecule has 0 amide bonds. The Morgan fingerprint density at radius 1 is 0.850 bits per heavy atom. The molecule has 1 unspecified atom stereocenters. The van der Waals surface area contributed by atoms with E-state index in [2.05, 4.69) is 5.10 Å². The van der Waals surface area contributed by atoms with Crippen LogP contribution < -0.4 is 9.47 Å². The Morgan fingerprint density at radius 2 is 1.43 bits per heavy atom. The molecule has 0 N–H and O–H groups in total. The number of cyclic esters (lactones) is 2. The van der Waals surface area contributed by atoms with Gasteiger partial charge in [0.2, 0.25) is 5.41 Å². The predicted octanol–water partition coefficient (Wildman–Crippen LogP) is 4.27. The maximum absolute atomic E-state index is 14.4. The zero-order chi connectivity index (χ0) is 28.2. The minimum atomic E-state index is -1.93. The number of rotatable bonds is 5. The molecule has 3 aromatic rings. The molecule has 9 nitrogen and oxygen atoms in total. The maximum atomic E-state index is 14.4. The first-order valence-corrected chi connectivity index (χ1v) is 12.9. The summed E-state index contributed by atoms with van der Waals surface area (Å²) < 4.78 is 22.2. The van der Waals surface area contributed by atoms with Crippen molar-refractivity contribution in [3.63, 3.8) is 0 Å². The third kappa shape index (κ3) is 3.68. The van der Waals surface area contributed by atoms with E-state index in [0.717, 1.165) is 5.56 Å². The van der Waals surface area contributed by atoms with Gasteiger partial charge in [-0.3, -0.25) is 19.4 Å². The van der Waals surface area contributed by atoms with E-state index in [1.807, 2.05) is 24.3 Å². The van der Waals surface area contributed by atoms with Crippen LogP contribution in [-0.2, 0) is 19.1 Å². The zero-order valence-electron chi connectivity index (χ0n) is 22.5. The van der Waals surface area contributed by atoms with E-state index in [-0.39, 0.29) is 5.78 Å². The van der Waals surface area contributed by atoms with E-state index >= 15 is 0 Å². The molecule has 1 spiro atoms. The molecule has 3 atom stereocenters. The summed E-state index contributed by atoms with van der Waals surface area (Å²) in [6.07, 6.45) is 1.65. The van der Waals surface area contributed by atoms with Crippen LogP contribution in [0, 0.1) is 5.41 Å². The van der Waals surface area contributed by atoms with Gasteiger partial charge in [0.15, 0.2) is 5.78 Å². The number of hydrazone groups is 1. The van der Waals surface area contributed by atoms with E-state index in [4.69, 9.17) is 18.9 Å². The Morgan fingerprint density at radius 3 is 2.02 bits per heavy atom. The monoisotopic (exact) mass is 540 g/mol. The van der Waals surface area contributed by atoms with E-state index in [1.165, 1.54) is 13.8 Å². The molecule has 6 rings (SSSR count). The number of Topliss-reactive ketones (excluding diaryl/α,β-unsaturated/α-hetero) is 1. The minimum absolute atomic E-state index is 0.313. The molecular weight excluding hydrogens is 512 g/mol. The number of hydrogen-bond donors (Lipinski definition) is 0. The molecular formula is C31H28N2O7. The lowest BCUT2D eigenvalue weighted by molar-refractivity contribution is -0.254. The van der Waals surface area contributed by atoms with Gasteiger partial charge < -0.3 is 18.9 Å². The molecule has 0 radical (unpaired) electrons. The lowest BCUT2D eigenvalue weighted by Gasteiger charge is -2.44. The van der Waals surface area contributed by atoms with Crippen molar-refractivity contribution in [2.24, 2.45) is 10.5 Å². The van der Waals surface area contributed by atoms with Gasteiger partial charge in [0.25, 0.3) is 5.79 Å². The molecule has 0 aliphatic carbocycles. The van der Waals surface area contributed by atoms with Crippen LogP contribution in [0.2, 0.25) is 0 Å². The van der Waals surface area contributed by atoms with Crippen LogP contribution in [0.1, 0.15) is 52.9 Å². The largest absolute Gasteiger partial charge is 0.497 e. The molecule has 2 saturated heterocycles. The Bertz CT molecular complexity index is 1510. The van der Waals surface area contributed by atoms with Crippen LogP contribution in [0.3, 0.4) is 0 Å². The van der Waals surface area contributed by atoms with Crippen LogP contribution in [0.4, 0.5) is 0 Å². The van der Waals surface area contributed by atoms with Gasteiger partial charge in [-0.1, -0.05) is 36.4 Å². The second kappa shape index (κ2) is 9.22. The molecule has 9 heteroatoms. The third-order valence-electron chi connectivity index (χ3n) is 7.88. The van der Waals surface area contributed by atoms with Crippen molar-refractivity contribution >= 4 is 23.9 Å². The number of benzene rings is 3. The lowest BCUT2D eigenvalue weighted by atomic mass is 9.65. The van der Waals surface area contributed by atoms with Crippen molar-refractivity contribution in [1.82, 2.24) is 5.01 Å². The normalized spacial score (nSPS) is 23.6. The van der Waals surface area contributed by atoms with Crippen LogP contribution in [0.15, 0.2) is 77.9 Å². The van der Waals surface area contributed by atoms with Gasteiger partial charge in [0.05, 0.1) is 20.4 Å². The Kier molecular flexibility index (Phi) is 5.90. The summed E-state index contributed by atoms with van der Waals surface area (Å²) in [5, 5.41) is 6.26. The van der Waals surface area contributed by atoms with Gasteiger partial charge in [-0.15, -0.1) is 0 Å². The van der Waals surface area contributed by atoms with E-state index in [9.17, 15) is 14.4 Å². The smallest absolute Gasteiger partial charge is 0.330 e. The second-order valence-electron chi connectivity index (χ2n) is 10.5. The van der Waals surface area contributed by atoms with Crippen molar-refractivity contribution in [2.75, 3.05) is 14.2 Å². The lowest BCUT2D eigenvalue weighted by Crippen LogP contribution is -2.58. The molecule has 3 aliphatic rings. The summed E-state index contributed by atoms with van der Waals surface area (Å²) in [7, 11) is 3.09. The quantitative estimate of drug-likeness (QED) is 0.269. The Hall–Kier alpha value is -4.66. The number of esters is 2. The van der Waals surface area contributed by atoms with Crippen LogP contribution >= 0.6 is 0 Å². The van der Waals surface area contributed by atoms with Gasteiger partial charge in [0, 0.05) is 25.3 Å². The van der Waals surface area contributed by atoms with Crippen LogP contribution in [0.25, 0.3) is 0 Å². The highest BCUT2D eigenvalue weighted by Crippen LogP contribution is 2.63. The first-order chi connectivity index (χ1) is 19.2. The van der Waals surface area contributed by atoms with Crippen molar-refractivity contribution in [2.45, 2.75) is 37.6 Å². The summed E-state index contributed by atoms with van der Waals surface area (Å²) in [6, 6.07) is 19.1. The van der Waals surface area contributed by atoms with E-state index in [1.54, 1.807) is 74.0 Å². The number of nitrogens with zero attached hydrogens (tertiary/aromatic N) is 2. The maximum Gasteiger partial charge on any atom is 0.330 e. The molecule has 0 saturated carbocycles. The molecule has 3 aliphatic heterocycles. The van der Waals surface area contributed by atoms with Gasteiger partial charge in [-0.2, -0.15) is 5.10 Å². The summed E-state index contributed by atoms with van der Waals surface area (Å²) in [5.41, 5.74) is 0.440. The molecule has 0 aromatic heterocycles. The van der Waals surface area contributed by atoms with Crippen molar-refractivity contribution in [3.8, 4) is 11.5 Å². The first-order valence-electron chi connectivity index (χ1n) is 12.9. The summed E-state index contributed by atoms with van der Waals surface area (Å²) in [4.78, 5) is 42.9. The molecule has 204 valence electrons. The number of fused-ring (bicyclic) bond motifs is 4. The minimum Gasteiger partial charge on any atom is -0.497 e. The highest BCUT2D eigenvalue weighted by atomic mass is 16.7.